The van der Waals surface area contributed by atoms with Crippen molar-refractivity contribution in [1.29, 1.82) is 0 Å². The van der Waals surface area contributed by atoms with Crippen LogP contribution in [-0.2, 0) is 14.3 Å². The van der Waals surface area contributed by atoms with Crippen molar-refractivity contribution in [3.8, 4) is 0 Å². The standard InChI is InChI=1S/C23H40O4/c1-3-5-6-7-8-9-10-11-12-13-14-15-16-17-18-21(23(25)26)20-22(24)27-19-4-2/h4,10-11,21H,2-3,5-9,12-20H2,1H3,(H,25,26)/b11-10+. The number of esters is 1. The topological polar surface area (TPSA) is 63.6 Å². The monoisotopic (exact) mass is 380 g/mol. The van der Waals surface area contributed by atoms with E-state index >= 15 is 0 Å². The molecule has 1 N–H and O–H groups in total. The van der Waals surface area contributed by atoms with Gasteiger partial charge in [0, 0.05) is 0 Å². The number of carbonyl (C=O) groups excluding carboxylic acids is 1. The highest BCUT2D eigenvalue weighted by atomic mass is 16.5. The van der Waals surface area contributed by atoms with E-state index in [1.54, 1.807) is 0 Å². The lowest BCUT2D eigenvalue weighted by molar-refractivity contribution is -0.151. The minimum Gasteiger partial charge on any atom is -0.481 e. The Bertz CT molecular complexity index is 415. The third-order valence-corrected chi connectivity index (χ3v) is 4.69. The Labute approximate surface area is 166 Å². The summed E-state index contributed by atoms with van der Waals surface area (Å²) >= 11 is 0. The fourth-order valence-electron chi connectivity index (χ4n) is 3.01. The molecule has 1 unspecified atom stereocenters. The summed E-state index contributed by atoms with van der Waals surface area (Å²) in [5.74, 6) is -2.01. The van der Waals surface area contributed by atoms with Crippen LogP contribution in [0.1, 0.15) is 96.8 Å². The Balaban J connectivity index is 3.58. The first-order chi connectivity index (χ1) is 13.1. The summed E-state index contributed by atoms with van der Waals surface area (Å²) in [7, 11) is 0. The van der Waals surface area contributed by atoms with E-state index in [0.717, 1.165) is 25.7 Å². The number of aliphatic carboxylic acids is 1. The predicted octanol–water partition coefficient (Wildman–Crippen LogP) is 6.45. The van der Waals surface area contributed by atoms with E-state index in [2.05, 4.69) is 25.7 Å². The zero-order valence-corrected chi connectivity index (χ0v) is 17.3. The molecule has 0 fully saturated rings. The molecule has 0 aromatic carbocycles. The van der Waals surface area contributed by atoms with Crippen molar-refractivity contribution in [3.63, 3.8) is 0 Å². The van der Waals surface area contributed by atoms with E-state index in [-0.39, 0.29) is 13.0 Å². The zero-order valence-electron chi connectivity index (χ0n) is 17.3. The fraction of sp³-hybridized carbons (Fsp3) is 0.739. The van der Waals surface area contributed by atoms with Crippen molar-refractivity contribution in [2.45, 2.75) is 96.8 Å². The average Bonchev–Trinajstić information content (AvgIpc) is 2.65. The Hall–Kier alpha value is -1.58. The number of unbranched alkanes of at least 4 members (excludes halogenated alkanes) is 10. The fourth-order valence-corrected chi connectivity index (χ4v) is 3.01. The van der Waals surface area contributed by atoms with Crippen molar-refractivity contribution >= 4 is 11.9 Å². The molecule has 0 heterocycles. The van der Waals surface area contributed by atoms with Gasteiger partial charge in [-0.05, 0) is 32.1 Å². The lowest BCUT2D eigenvalue weighted by Crippen LogP contribution is -2.19. The molecule has 0 amide bonds. The summed E-state index contributed by atoms with van der Waals surface area (Å²) < 4.78 is 4.87. The number of allylic oxidation sites excluding steroid dienone is 2. The molecule has 4 nitrogen and oxygen atoms in total. The summed E-state index contributed by atoms with van der Waals surface area (Å²) in [5.41, 5.74) is 0. The van der Waals surface area contributed by atoms with Gasteiger partial charge in [0.25, 0.3) is 0 Å². The third-order valence-electron chi connectivity index (χ3n) is 4.69. The number of hydrogen-bond acceptors (Lipinski definition) is 3. The van der Waals surface area contributed by atoms with Crippen LogP contribution in [0.15, 0.2) is 24.8 Å². The van der Waals surface area contributed by atoms with Gasteiger partial charge in [0.05, 0.1) is 12.3 Å². The highest BCUT2D eigenvalue weighted by Crippen LogP contribution is 2.16. The number of rotatable bonds is 19. The molecular formula is C23H40O4. The predicted molar refractivity (Wildman–Crippen MR) is 112 cm³/mol. The van der Waals surface area contributed by atoms with Gasteiger partial charge in [-0.3, -0.25) is 9.59 Å². The van der Waals surface area contributed by atoms with E-state index in [4.69, 9.17) is 4.74 Å². The van der Waals surface area contributed by atoms with Gasteiger partial charge in [0.15, 0.2) is 0 Å². The SMILES string of the molecule is C=CCOC(=O)CC(CCCCCCC/C=C/CCCCCCC)C(=O)O. The first-order valence-electron chi connectivity index (χ1n) is 10.8. The Morgan fingerprint density at radius 1 is 0.926 bits per heavy atom. The number of carboxylic acids is 1. The van der Waals surface area contributed by atoms with Crippen molar-refractivity contribution < 1.29 is 19.4 Å². The first-order valence-corrected chi connectivity index (χ1v) is 10.8. The van der Waals surface area contributed by atoms with Crippen LogP contribution in [0.4, 0.5) is 0 Å². The maximum Gasteiger partial charge on any atom is 0.307 e. The van der Waals surface area contributed by atoms with Crippen LogP contribution < -0.4 is 0 Å². The third kappa shape index (κ3) is 17.6. The molecule has 156 valence electrons. The minimum absolute atomic E-state index is 0.0492. The summed E-state index contributed by atoms with van der Waals surface area (Å²) in [4.78, 5) is 22.8. The van der Waals surface area contributed by atoms with Gasteiger partial charge < -0.3 is 9.84 Å². The molecule has 1 atom stereocenters. The lowest BCUT2D eigenvalue weighted by Gasteiger charge is -2.11. The van der Waals surface area contributed by atoms with Gasteiger partial charge in [0.1, 0.15) is 6.61 Å². The number of carbonyl (C=O) groups is 2. The normalized spacial score (nSPS) is 12.2. The minimum atomic E-state index is -0.912. The van der Waals surface area contributed by atoms with Gasteiger partial charge in [-0.1, -0.05) is 83.1 Å². The van der Waals surface area contributed by atoms with E-state index in [0.29, 0.717) is 6.42 Å². The van der Waals surface area contributed by atoms with E-state index in [1.807, 2.05) is 0 Å². The highest BCUT2D eigenvalue weighted by Gasteiger charge is 2.21. The van der Waals surface area contributed by atoms with E-state index in [1.165, 1.54) is 57.4 Å². The highest BCUT2D eigenvalue weighted by molar-refractivity contribution is 5.78. The second kappa shape index (κ2) is 19.2. The Morgan fingerprint density at radius 3 is 2.04 bits per heavy atom. The molecule has 0 aromatic heterocycles. The van der Waals surface area contributed by atoms with Gasteiger partial charge in [-0.2, -0.15) is 0 Å². The molecular weight excluding hydrogens is 340 g/mol. The van der Waals surface area contributed by atoms with Crippen LogP contribution in [0.5, 0.6) is 0 Å². The molecule has 0 aliphatic carbocycles. The molecule has 0 saturated heterocycles. The molecule has 0 rings (SSSR count). The van der Waals surface area contributed by atoms with Crippen LogP contribution in [-0.4, -0.2) is 23.7 Å². The zero-order chi connectivity index (χ0) is 20.2. The van der Waals surface area contributed by atoms with Crippen LogP contribution in [0.2, 0.25) is 0 Å². The molecule has 0 aliphatic rings. The molecule has 0 saturated carbocycles. The Morgan fingerprint density at radius 2 is 1.48 bits per heavy atom. The van der Waals surface area contributed by atoms with Crippen LogP contribution >= 0.6 is 0 Å². The molecule has 0 bridgehead atoms. The number of ether oxygens (including phenoxy) is 1. The van der Waals surface area contributed by atoms with Crippen molar-refractivity contribution in [2.24, 2.45) is 5.92 Å². The maximum absolute atomic E-state index is 11.5. The van der Waals surface area contributed by atoms with Gasteiger partial charge in [-0.15, -0.1) is 0 Å². The maximum atomic E-state index is 11.5. The van der Waals surface area contributed by atoms with Gasteiger partial charge in [0.2, 0.25) is 0 Å². The second-order valence-electron chi connectivity index (χ2n) is 7.23. The molecule has 0 aromatic rings. The summed E-state index contributed by atoms with van der Waals surface area (Å²) in [5, 5.41) is 9.22. The molecule has 4 heteroatoms. The lowest BCUT2D eigenvalue weighted by atomic mass is 9.97. The number of hydrogen-bond donors (Lipinski definition) is 1. The largest absolute Gasteiger partial charge is 0.481 e. The van der Waals surface area contributed by atoms with E-state index < -0.39 is 17.9 Å². The summed E-state index contributed by atoms with van der Waals surface area (Å²) in [6.07, 6.45) is 21.0. The van der Waals surface area contributed by atoms with E-state index in [9.17, 15) is 14.7 Å². The molecule has 0 spiro atoms. The smallest absolute Gasteiger partial charge is 0.307 e. The van der Waals surface area contributed by atoms with Crippen molar-refractivity contribution in [1.82, 2.24) is 0 Å². The van der Waals surface area contributed by atoms with Gasteiger partial charge >= 0.3 is 11.9 Å². The summed E-state index contributed by atoms with van der Waals surface area (Å²) in [6.45, 7) is 5.85. The molecule has 27 heavy (non-hydrogen) atoms. The average molecular weight is 381 g/mol. The van der Waals surface area contributed by atoms with Gasteiger partial charge in [-0.25, -0.2) is 0 Å². The molecule has 0 radical (unpaired) electrons. The quantitative estimate of drug-likeness (QED) is 0.159. The van der Waals surface area contributed by atoms with Crippen LogP contribution in [0, 0.1) is 5.92 Å². The first kappa shape index (κ1) is 25.4. The Kier molecular flexibility index (Phi) is 18.1. The molecule has 0 aliphatic heterocycles. The van der Waals surface area contributed by atoms with Crippen LogP contribution in [0.25, 0.3) is 0 Å². The summed E-state index contributed by atoms with van der Waals surface area (Å²) in [6, 6.07) is 0. The number of carboxylic acid groups (broad SMARTS) is 1. The second-order valence-corrected chi connectivity index (χ2v) is 7.23. The van der Waals surface area contributed by atoms with Crippen LogP contribution in [0.3, 0.4) is 0 Å². The van der Waals surface area contributed by atoms with Crippen molar-refractivity contribution in [2.75, 3.05) is 6.61 Å². The van der Waals surface area contributed by atoms with Crippen molar-refractivity contribution in [3.05, 3.63) is 24.8 Å².